The molecule has 0 spiro atoms. The summed E-state index contributed by atoms with van der Waals surface area (Å²) in [6, 6.07) is 8.00. The van der Waals surface area contributed by atoms with Gasteiger partial charge in [0.15, 0.2) is 0 Å². The Hall–Kier alpha value is -2.39. The lowest BCUT2D eigenvalue weighted by Crippen LogP contribution is -2.59. The summed E-state index contributed by atoms with van der Waals surface area (Å²) in [5, 5.41) is 11.9. The molecule has 2 rings (SSSR count). The highest BCUT2D eigenvalue weighted by molar-refractivity contribution is 5.97. The van der Waals surface area contributed by atoms with Crippen LogP contribution < -0.4 is 5.32 Å². The van der Waals surface area contributed by atoms with Gasteiger partial charge in [-0.3, -0.25) is 9.59 Å². The van der Waals surface area contributed by atoms with E-state index in [0.717, 1.165) is 0 Å². The number of piperazine rings is 1. The summed E-state index contributed by atoms with van der Waals surface area (Å²) in [6.45, 7) is 1.61. The predicted octanol–water partition coefficient (Wildman–Crippen LogP) is 0.0605. The summed E-state index contributed by atoms with van der Waals surface area (Å²) < 4.78 is 0. The van der Waals surface area contributed by atoms with E-state index in [9.17, 15) is 9.59 Å². The van der Waals surface area contributed by atoms with E-state index in [1.54, 1.807) is 43.3 Å². The van der Waals surface area contributed by atoms with E-state index < -0.39 is 6.04 Å². The highest BCUT2D eigenvalue weighted by Gasteiger charge is 2.33. The Balaban J connectivity index is 2.22. The van der Waals surface area contributed by atoms with E-state index in [0.29, 0.717) is 30.8 Å². The molecule has 110 valence electrons. The van der Waals surface area contributed by atoms with Crippen LogP contribution in [0.4, 0.5) is 0 Å². The average molecular weight is 286 g/mol. The van der Waals surface area contributed by atoms with Crippen LogP contribution in [-0.2, 0) is 4.79 Å². The van der Waals surface area contributed by atoms with Crippen molar-refractivity contribution < 1.29 is 9.59 Å². The van der Waals surface area contributed by atoms with E-state index in [1.165, 1.54) is 4.90 Å². The van der Waals surface area contributed by atoms with E-state index in [-0.39, 0.29) is 11.8 Å². The van der Waals surface area contributed by atoms with Crippen LogP contribution in [0.3, 0.4) is 0 Å². The van der Waals surface area contributed by atoms with Crippen molar-refractivity contribution in [3.8, 4) is 6.07 Å². The summed E-state index contributed by atoms with van der Waals surface area (Å²) in [5.41, 5.74) is 1.00. The van der Waals surface area contributed by atoms with Crippen molar-refractivity contribution in [3.05, 3.63) is 35.4 Å². The fourth-order valence-corrected chi connectivity index (χ4v) is 2.32. The van der Waals surface area contributed by atoms with Crippen LogP contribution in [0.25, 0.3) is 0 Å². The van der Waals surface area contributed by atoms with Crippen molar-refractivity contribution in [1.82, 2.24) is 15.1 Å². The minimum atomic E-state index is -0.489. The largest absolute Gasteiger partial charge is 0.347 e. The highest BCUT2D eigenvalue weighted by Crippen LogP contribution is 2.13. The Morgan fingerprint density at radius 2 is 2.00 bits per heavy atom. The SMILES string of the molecule is CN(C)C(=O)C1CNCCN1C(=O)c1ccc(C#N)cc1. The van der Waals surface area contributed by atoms with Gasteiger partial charge in [-0.1, -0.05) is 0 Å². The average Bonchev–Trinajstić information content (AvgIpc) is 2.53. The molecule has 6 heteroatoms. The van der Waals surface area contributed by atoms with Crippen molar-refractivity contribution >= 4 is 11.8 Å². The molecule has 1 heterocycles. The first-order valence-electron chi connectivity index (χ1n) is 6.77. The Bertz CT molecular complexity index is 574. The molecule has 1 aliphatic heterocycles. The molecule has 0 radical (unpaired) electrons. The lowest BCUT2D eigenvalue weighted by atomic mass is 10.1. The van der Waals surface area contributed by atoms with Gasteiger partial charge in [-0.2, -0.15) is 5.26 Å². The van der Waals surface area contributed by atoms with E-state index in [2.05, 4.69) is 5.32 Å². The second kappa shape index (κ2) is 6.37. The van der Waals surface area contributed by atoms with Crippen LogP contribution in [-0.4, -0.2) is 61.4 Å². The summed E-state index contributed by atoms with van der Waals surface area (Å²) in [7, 11) is 3.36. The molecular weight excluding hydrogens is 268 g/mol. The normalized spacial score (nSPS) is 18.0. The molecule has 0 aromatic heterocycles. The maximum absolute atomic E-state index is 12.6. The molecule has 1 atom stereocenters. The maximum atomic E-state index is 12.6. The van der Waals surface area contributed by atoms with Gasteiger partial charge >= 0.3 is 0 Å². The molecule has 0 saturated carbocycles. The number of rotatable bonds is 2. The third-order valence-electron chi connectivity index (χ3n) is 3.49. The third-order valence-corrected chi connectivity index (χ3v) is 3.49. The lowest BCUT2D eigenvalue weighted by molar-refractivity contribution is -0.134. The minimum Gasteiger partial charge on any atom is -0.347 e. The second-order valence-electron chi connectivity index (χ2n) is 5.14. The Labute approximate surface area is 123 Å². The van der Waals surface area contributed by atoms with Gasteiger partial charge in [-0.05, 0) is 24.3 Å². The summed E-state index contributed by atoms with van der Waals surface area (Å²) in [6.07, 6.45) is 0. The van der Waals surface area contributed by atoms with E-state index in [1.807, 2.05) is 6.07 Å². The minimum absolute atomic E-state index is 0.0933. The first-order chi connectivity index (χ1) is 10.0. The number of nitrogens with zero attached hydrogens (tertiary/aromatic N) is 3. The fourth-order valence-electron chi connectivity index (χ4n) is 2.32. The summed E-state index contributed by atoms with van der Waals surface area (Å²) in [5.74, 6) is -0.273. The molecule has 21 heavy (non-hydrogen) atoms. The zero-order chi connectivity index (χ0) is 15.4. The first kappa shape index (κ1) is 15.0. The first-order valence-corrected chi connectivity index (χ1v) is 6.77. The lowest BCUT2D eigenvalue weighted by Gasteiger charge is -2.36. The van der Waals surface area contributed by atoms with Gasteiger partial charge in [0.05, 0.1) is 11.6 Å². The highest BCUT2D eigenvalue weighted by atomic mass is 16.2. The number of benzene rings is 1. The third kappa shape index (κ3) is 3.20. The van der Waals surface area contributed by atoms with Crippen LogP contribution in [0.5, 0.6) is 0 Å². The standard InChI is InChI=1S/C15H18N4O2/c1-18(2)15(21)13-10-17-7-8-19(13)14(20)12-5-3-11(9-16)4-6-12/h3-6,13,17H,7-8,10H2,1-2H3. The maximum Gasteiger partial charge on any atom is 0.254 e. The van der Waals surface area contributed by atoms with Crippen molar-refractivity contribution in [3.63, 3.8) is 0 Å². The van der Waals surface area contributed by atoms with Gasteiger partial charge in [0.1, 0.15) is 6.04 Å². The van der Waals surface area contributed by atoms with Crippen molar-refractivity contribution in [2.24, 2.45) is 0 Å². The topological polar surface area (TPSA) is 76.4 Å². The fraction of sp³-hybridized carbons (Fsp3) is 0.400. The molecule has 1 saturated heterocycles. The number of likely N-dealkylation sites (N-methyl/N-ethyl adjacent to an activating group) is 1. The van der Waals surface area contributed by atoms with Gasteiger partial charge in [-0.15, -0.1) is 0 Å². The smallest absolute Gasteiger partial charge is 0.254 e. The van der Waals surface area contributed by atoms with E-state index in [4.69, 9.17) is 5.26 Å². The van der Waals surface area contributed by atoms with Gasteiger partial charge in [0.2, 0.25) is 5.91 Å². The van der Waals surface area contributed by atoms with Crippen molar-refractivity contribution in [2.45, 2.75) is 6.04 Å². The molecule has 0 aliphatic carbocycles. The Kier molecular flexibility index (Phi) is 4.55. The van der Waals surface area contributed by atoms with Crippen molar-refractivity contribution in [1.29, 1.82) is 5.26 Å². The number of carbonyl (C=O) groups is 2. The van der Waals surface area contributed by atoms with Crippen LogP contribution >= 0.6 is 0 Å². The quantitative estimate of drug-likeness (QED) is 0.834. The molecular formula is C15H18N4O2. The second-order valence-corrected chi connectivity index (χ2v) is 5.14. The van der Waals surface area contributed by atoms with E-state index >= 15 is 0 Å². The molecule has 1 fully saturated rings. The number of nitriles is 1. The molecule has 1 N–H and O–H groups in total. The van der Waals surface area contributed by atoms with Crippen LogP contribution in [0, 0.1) is 11.3 Å². The van der Waals surface area contributed by atoms with Crippen LogP contribution in [0.2, 0.25) is 0 Å². The molecule has 0 bridgehead atoms. The Morgan fingerprint density at radius 3 is 2.57 bits per heavy atom. The van der Waals surface area contributed by atoms with Gasteiger partial charge in [-0.25, -0.2) is 0 Å². The van der Waals surface area contributed by atoms with Gasteiger partial charge in [0.25, 0.3) is 5.91 Å². The van der Waals surface area contributed by atoms with Crippen molar-refractivity contribution in [2.75, 3.05) is 33.7 Å². The summed E-state index contributed by atoms with van der Waals surface area (Å²) in [4.78, 5) is 27.9. The zero-order valence-electron chi connectivity index (χ0n) is 12.2. The summed E-state index contributed by atoms with van der Waals surface area (Å²) >= 11 is 0. The molecule has 2 amide bonds. The zero-order valence-corrected chi connectivity index (χ0v) is 12.2. The number of hydrogen-bond donors (Lipinski definition) is 1. The molecule has 1 aromatic carbocycles. The molecule has 1 aliphatic rings. The van der Waals surface area contributed by atoms with Gasteiger partial charge in [0, 0.05) is 39.3 Å². The van der Waals surface area contributed by atoms with Gasteiger partial charge < -0.3 is 15.1 Å². The van der Waals surface area contributed by atoms with Crippen LogP contribution in [0.15, 0.2) is 24.3 Å². The Morgan fingerprint density at radius 1 is 1.33 bits per heavy atom. The predicted molar refractivity (Wildman–Crippen MR) is 77.5 cm³/mol. The van der Waals surface area contributed by atoms with Crippen LogP contribution in [0.1, 0.15) is 15.9 Å². The molecule has 6 nitrogen and oxygen atoms in total. The molecule has 1 unspecified atom stereocenters. The number of amides is 2. The monoisotopic (exact) mass is 286 g/mol. The number of nitrogens with one attached hydrogen (secondary N) is 1. The number of hydrogen-bond acceptors (Lipinski definition) is 4. The molecule has 1 aromatic rings. The number of carbonyl (C=O) groups excluding carboxylic acids is 2.